The van der Waals surface area contributed by atoms with Crippen molar-refractivity contribution in [3.63, 3.8) is 0 Å². The molecule has 1 N–H and O–H groups in total. The standard InChI is InChI=1S/C30H46N2/c1-8-21-32(23-26(7)18-17-25(6)9-2)24-27(10-3)22-31-20-19-29(12-5)30-16-14-13-15-28(30)11-4/h9,12-19,27,31H,2,5,8,10-11,20-24H2,1,3-4,6-7H3/b25-17-,26-18-,29-19+. The lowest BCUT2D eigenvalue weighted by atomic mass is 9.98. The van der Waals surface area contributed by atoms with Crippen LogP contribution < -0.4 is 5.32 Å². The van der Waals surface area contributed by atoms with Gasteiger partial charge in [0.15, 0.2) is 0 Å². The van der Waals surface area contributed by atoms with E-state index in [1.54, 1.807) is 0 Å². The SMILES string of the molecule is C=C/C(C)=C\C=C(\C)CN(CCC)CC(CC)CNC/C=C(\C=C)c1ccccc1CC. The summed E-state index contributed by atoms with van der Waals surface area (Å²) in [5.41, 5.74) is 6.50. The zero-order valence-corrected chi connectivity index (χ0v) is 21.3. The molecule has 1 aromatic rings. The lowest BCUT2D eigenvalue weighted by molar-refractivity contribution is 0.240. The summed E-state index contributed by atoms with van der Waals surface area (Å²) in [5.74, 6) is 0.642. The van der Waals surface area contributed by atoms with E-state index in [2.05, 4.69) is 100 Å². The summed E-state index contributed by atoms with van der Waals surface area (Å²) < 4.78 is 0. The van der Waals surface area contributed by atoms with Crippen LogP contribution in [0.5, 0.6) is 0 Å². The highest BCUT2D eigenvalue weighted by Gasteiger charge is 2.12. The Morgan fingerprint density at radius 2 is 1.81 bits per heavy atom. The minimum Gasteiger partial charge on any atom is -0.313 e. The predicted molar refractivity (Wildman–Crippen MR) is 145 cm³/mol. The summed E-state index contributed by atoms with van der Waals surface area (Å²) in [6.45, 7) is 24.2. The Balaban J connectivity index is 2.67. The molecule has 0 aliphatic rings. The second-order valence-electron chi connectivity index (χ2n) is 8.67. The van der Waals surface area contributed by atoms with Crippen LogP contribution in [0.3, 0.4) is 0 Å². The van der Waals surface area contributed by atoms with Gasteiger partial charge in [0.1, 0.15) is 0 Å². The van der Waals surface area contributed by atoms with Crippen molar-refractivity contribution in [2.75, 3.05) is 32.7 Å². The van der Waals surface area contributed by atoms with Crippen molar-refractivity contribution in [2.24, 2.45) is 5.92 Å². The number of hydrogen-bond donors (Lipinski definition) is 1. The third-order valence-electron chi connectivity index (χ3n) is 5.89. The van der Waals surface area contributed by atoms with E-state index in [9.17, 15) is 0 Å². The topological polar surface area (TPSA) is 15.3 Å². The molecule has 0 heterocycles. The van der Waals surface area contributed by atoms with Crippen LogP contribution in [0.4, 0.5) is 0 Å². The lowest BCUT2D eigenvalue weighted by Crippen LogP contribution is -2.36. The van der Waals surface area contributed by atoms with Crippen LogP contribution in [0, 0.1) is 5.92 Å². The van der Waals surface area contributed by atoms with Crippen molar-refractivity contribution >= 4 is 5.57 Å². The first kappa shape index (κ1) is 27.9. The first-order valence-corrected chi connectivity index (χ1v) is 12.3. The van der Waals surface area contributed by atoms with Gasteiger partial charge in [-0.1, -0.05) is 106 Å². The van der Waals surface area contributed by atoms with Crippen molar-refractivity contribution in [2.45, 2.75) is 53.9 Å². The Morgan fingerprint density at radius 1 is 1.06 bits per heavy atom. The number of nitrogens with zero attached hydrogens (tertiary/aromatic N) is 1. The van der Waals surface area contributed by atoms with Crippen molar-refractivity contribution in [1.29, 1.82) is 0 Å². The van der Waals surface area contributed by atoms with Crippen LogP contribution in [0.1, 0.15) is 58.6 Å². The maximum absolute atomic E-state index is 4.04. The van der Waals surface area contributed by atoms with Crippen LogP contribution >= 0.6 is 0 Å². The van der Waals surface area contributed by atoms with Gasteiger partial charge in [-0.2, -0.15) is 0 Å². The van der Waals surface area contributed by atoms with Gasteiger partial charge in [0.05, 0.1) is 0 Å². The Kier molecular flexibility index (Phi) is 14.3. The molecule has 2 nitrogen and oxygen atoms in total. The van der Waals surface area contributed by atoms with E-state index in [0.29, 0.717) is 5.92 Å². The Bertz CT molecular complexity index is 782. The second kappa shape index (κ2) is 16.5. The maximum Gasteiger partial charge on any atom is 0.0193 e. The van der Waals surface area contributed by atoms with Gasteiger partial charge in [-0.3, -0.25) is 4.90 Å². The molecule has 0 aliphatic carbocycles. The molecule has 0 aliphatic heterocycles. The maximum atomic E-state index is 4.04. The van der Waals surface area contributed by atoms with Crippen LogP contribution in [-0.2, 0) is 6.42 Å². The van der Waals surface area contributed by atoms with E-state index in [1.807, 2.05) is 12.2 Å². The third kappa shape index (κ3) is 10.4. The molecule has 1 atom stereocenters. The summed E-state index contributed by atoms with van der Waals surface area (Å²) in [6, 6.07) is 8.63. The van der Waals surface area contributed by atoms with Gasteiger partial charge in [0, 0.05) is 19.6 Å². The van der Waals surface area contributed by atoms with E-state index in [0.717, 1.165) is 39.1 Å². The largest absolute Gasteiger partial charge is 0.313 e. The molecule has 32 heavy (non-hydrogen) atoms. The molecule has 0 fully saturated rings. The fraction of sp³-hybridized carbons (Fsp3) is 0.467. The lowest BCUT2D eigenvalue weighted by Gasteiger charge is -2.27. The molecular weight excluding hydrogens is 388 g/mol. The van der Waals surface area contributed by atoms with Gasteiger partial charge >= 0.3 is 0 Å². The zero-order valence-electron chi connectivity index (χ0n) is 21.3. The normalized spacial score (nSPS) is 14.0. The highest BCUT2D eigenvalue weighted by molar-refractivity contribution is 5.75. The fourth-order valence-corrected chi connectivity index (χ4v) is 3.88. The molecule has 176 valence electrons. The number of allylic oxidation sites excluding steroid dienone is 6. The van der Waals surface area contributed by atoms with Crippen LogP contribution in [0.25, 0.3) is 5.57 Å². The van der Waals surface area contributed by atoms with Gasteiger partial charge in [-0.05, 0) is 62.4 Å². The molecule has 0 bridgehead atoms. The highest BCUT2D eigenvalue weighted by Crippen LogP contribution is 2.20. The van der Waals surface area contributed by atoms with E-state index >= 15 is 0 Å². The third-order valence-corrected chi connectivity index (χ3v) is 5.89. The van der Waals surface area contributed by atoms with Crippen molar-refractivity contribution < 1.29 is 0 Å². The molecule has 1 rings (SSSR count). The van der Waals surface area contributed by atoms with Crippen LogP contribution in [-0.4, -0.2) is 37.6 Å². The molecule has 0 saturated carbocycles. The zero-order chi connectivity index (χ0) is 23.8. The van der Waals surface area contributed by atoms with Gasteiger partial charge < -0.3 is 5.32 Å². The van der Waals surface area contributed by atoms with Gasteiger partial charge in [-0.25, -0.2) is 0 Å². The minimum atomic E-state index is 0.642. The molecule has 0 aromatic heterocycles. The van der Waals surface area contributed by atoms with Crippen LogP contribution in [0.15, 0.2) is 78.9 Å². The molecule has 0 radical (unpaired) electrons. The number of benzene rings is 1. The summed E-state index contributed by atoms with van der Waals surface area (Å²) >= 11 is 0. The van der Waals surface area contributed by atoms with Crippen molar-refractivity contribution in [3.05, 3.63) is 90.1 Å². The summed E-state index contributed by atoms with van der Waals surface area (Å²) in [7, 11) is 0. The van der Waals surface area contributed by atoms with Gasteiger partial charge in [0.2, 0.25) is 0 Å². The molecule has 0 spiro atoms. The molecule has 1 unspecified atom stereocenters. The van der Waals surface area contributed by atoms with Crippen LogP contribution in [0.2, 0.25) is 0 Å². The summed E-state index contributed by atoms with van der Waals surface area (Å²) in [5, 5.41) is 3.67. The summed E-state index contributed by atoms with van der Waals surface area (Å²) in [6.07, 6.45) is 14.0. The molecule has 1 aromatic carbocycles. The smallest absolute Gasteiger partial charge is 0.0193 e. The van der Waals surface area contributed by atoms with Crippen molar-refractivity contribution in [1.82, 2.24) is 10.2 Å². The Labute approximate surface area is 198 Å². The number of hydrogen-bond acceptors (Lipinski definition) is 2. The monoisotopic (exact) mass is 434 g/mol. The van der Waals surface area contributed by atoms with Crippen molar-refractivity contribution in [3.8, 4) is 0 Å². The molecule has 0 saturated heterocycles. The van der Waals surface area contributed by atoms with E-state index in [-0.39, 0.29) is 0 Å². The highest BCUT2D eigenvalue weighted by atomic mass is 15.1. The predicted octanol–water partition coefficient (Wildman–Crippen LogP) is 7.22. The average Bonchev–Trinajstić information content (AvgIpc) is 2.81. The molecule has 2 heteroatoms. The van der Waals surface area contributed by atoms with E-state index in [1.165, 1.54) is 40.7 Å². The Morgan fingerprint density at radius 3 is 2.44 bits per heavy atom. The summed E-state index contributed by atoms with van der Waals surface area (Å²) in [4.78, 5) is 2.60. The Hall–Kier alpha value is -2.16. The fourth-order valence-electron chi connectivity index (χ4n) is 3.88. The first-order chi connectivity index (χ1) is 15.5. The molecular formula is C30H46N2. The minimum absolute atomic E-state index is 0.642. The number of nitrogens with one attached hydrogen (secondary N) is 1. The number of rotatable bonds is 16. The molecule has 0 amide bonds. The second-order valence-corrected chi connectivity index (χ2v) is 8.67. The van der Waals surface area contributed by atoms with Gasteiger partial charge in [-0.15, -0.1) is 0 Å². The quantitative estimate of drug-likeness (QED) is 0.218. The van der Waals surface area contributed by atoms with Gasteiger partial charge in [0.25, 0.3) is 0 Å². The van der Waals surface area contributed by atoms with E-state index in [4.69, 9.17) is 0 Å². The average molecular weight is 435 g/mol. The van der Waals surface area contributed by atoms with E-state index < -0.39 is 0 Å². The first-order valence-electron chi connectivity index (χ1n) is 12.3. The number of aryl methyl sites for hydroxylation is 1.